The van der Waals surface area contributed by atoms with Crippen LogP contribution in [0.5, 0.6) is 0 Å². The first-order chi connectivity index (χ1) is 7.24. The lowest BCUT2D eigenvalue weighted by atomic mass is 9.83. The molecule has 0 saturated carbocycles. The molecule has 0 unspecified atom stereocenters. The predicted molar refractivity (Wildman–Crippen MR) is 71.7 cm³/mol. The Morgan fingerprint density at radius 2 is 1.44 bits per heavy atom. The van der Waals surface area contributed by atoms with Crippen LogP contribution in [0, 0.1) is 5.41 Å². The van der Waals surface area contributed by atoms with Crippen molar-refractivity contribution in [2.45, 2.75) is 46.5 Å². The van der Waals surface area contributed by atoms with Crippen LogP contribution in [-0.4, -0.2) is 6.54 Å². The van der Waals surface area contributed by atoms with Crippen LogP contribution in [0.1, 0.15) is 45.7 Å². The minimum Gasteiger partial charge on any atom is -0.330 e. The average Bonchev–Trinajstić information content (AvgIpc) is 2.16. The number of rotatable bonds is 3. The van der Waals surface area contributed by atoms with Gasteiger partial charge in [0.2, 0.25) is 0 Å². The maximum Gasteiger partial charge on any atom is 0.00190 e. The lowest BCUT2D eigenvalue weighted by molar-refractivity contribution is 0.411. The SMILES string of the molecule is CC(C)(C)Cc1ccc(C(C)(C)CN)cc1. The van der Waals surface area contributed by atoms with Gasteiger partial charge in [0.15, 0.2) is 0 Å². The number of nitrogens with two attached hydrogens (primary N) is 1. The summed E-state index contributed by atoms with van der Waals surface area (Å²) in [7, 11) is 0. The molecule has 90 valence electrons. The van der Waals surface area contributed by atoms with Crippen LogP contribution in [0.2, 0.25) is 0 Å². The van der Waals surface area contributed by atoms with Gasteiger partial charge >= 0.3 is 0 Å². The van der Waals surface area contributed by atoms with E-state index in [4.69, 9.17) is 5.73 Å². The minimum atomic E-state index is 0.0836. The molecule has 1 nitrogen and oxygen atoms in total. The van der Waals surface area contributed by atoms with Crippen LogP contribution >= 0.6 is 0 Å². The monoisotopic (exact) mass is 219 g/mol. The summed E-state index contributed by atoms with van der Waals surface area (Å²) in [6, 6.07) is 8.90. The first-order valence-corrected chi connectivity index (χ1v) is 6.04. The van der Waals surface area contributed by atoms with E-state index < -0.39 is 0 Å². The van der Waals surface area contributed by atoms with Gasteiger partial charge in [0, 0.05) is 12.0 Å². The molecule has 2 N–H and O–H groups in total. The Bertz CT molecular complexity index is 327. The van der Waals surface area contributed by atoms with E-state index in [9.17, 15) is 0 Å². The van der Waals surface area contributed by atoms with Crippen LogP contribution < -0.4 is 5.73 Å². The zero-order valence-corrected chi connectivity index (χ0v) is 11.3. The summed E-state index contributed by atoms with van der Waals surface area (Å²) in [5.41, 5.74) is 8.95. The van der Waals surface area contributed by atoms with E-state index in [2.05, 4.69) is 58.9 Å². The minimum absolute atomic E-state index is 0.0836. The molecular weight excluding hydrogens is 194 g/mol. The molecule has 1 aromatic rings. The molecular formula is C15H25N. The lowest BCUT2D eigenvalue weighted by Crippen LogP contribution is -2.28. The van der Waals surface area contributed by atoms with Crippen molar-refractivity contribution in [2.24, 2.45) is 11.1 Å². The number of benzene rings is 1. The van der Waals surface area contributed by atoms with E-state index in [1.165, 1.54) is 11.1 Å². The molecule has 0 fully saturated rings. The quantitative estimate of drug-likeness (QED) is 0.827. The Balaban J connectivity index is 2.84. The van der Waals surface area contributed by atoms with Gasteiger partial charge in [0.1, 0.15) is 0 Å². The zero-order chi connectivity index (χ0) is 12.4. The molecule has 1 aromatic carbocycles. The van der Waals surface area contributed by atoms with Gasteiger partial charge in [-0.05, 0) is 23.0 Å². The highest BCUT2D eigenvalue weighted by Gasteiger charge is 2.18. The van der Waals surface area contributed by atoms with E-state index in [0.29, 0.717) is 12.0 Å². The Morgan fingerprint density at radius 3 is 1.81 bits per heavy atom. The van der Waals surface area contributed by atoms with Crippen LogP contribution in [0.25, 0.3) is 0 Å². The number of hydrogen-bond acceptors (Lipinski definition) is 1. The van der Waals surface area contributed by atoms with Gasteiger partial charge in [0.05, 0.1) is 0 Å². The lowest BCUT2D eigenvalue weighted by Gasteiger charge is -2.24. The van der Waals surface area contributed by atoms with Crippen molar-refractivity contribution >= 4 is 0 Å². The molecule has 0 atom stereocenters. The molecule has 0 heterocycles. The van der Waals surface area contributed by atoms with Gasteiger partial charge in [0.25, 0.3) is 0 Å². The third kappa shape index (κ3) is 3.64. The molecule has 1 rings (SSSR count). The Morgan fingerprint density at radius 1 is 0.938 bits per heavy atom. The van der Waals surface area contributed by atoms with E-state index in [1.54, 1.807) is 0 Å². The van der Waals surface area contributed by atoms with Crippen LogP contribution in [-0.2, 0) is 11.8 Å². The van der Waals surface area contributed by atoms with Gasteiger partial charge in [-0.3, -0.25) is 0 Å². The Hall–Kier alpha value is -0.820. The Kier molecular flexibility index (Phi) is 3.80. The maximum atomic E-state index is 5.78. The summed E-state index contributed by atoms with van der Waals surface area (Å²) in [5.74, 6) is 0. The van der Waals surface area contributed by atoms with Gasteiger partial charge in [-0.15, -0.1) is 0 Å². The normalized spacial score (nSPS) is 12.9. The summed E-state index contributed by atoms with van der Waals surface area (Å²) in [6.07, 6.45) is 1.12. The fraction of sp³-hybridized carbons (Fsp3) is 0.600. The van der Waals surface area contributed by atoms with Crippen molar-refractivity contribution in [3.8, 4) is 0 Å². The molecule has 0 radical (unpaired) electrons. The molecule has 0 aromatic heterocycles. The molecule has 0 saturated heterocycles. The first kappa shape index (κ1) is 13.2. The van der Waals surface area contributed by atoms with Crippen molar-refractivity contribution < 1.29 is 0 Å². The summed E-state index contributed by atoms with van der Waals surface area (Å²) >= 11 is 0. The number of hydrogen-bond donors (Lipinski definition) is 1. The average molecular weight is 219 g/mol. The van der Waals surface area contributed by atoms with Crippen LogP contribution in [0.4, 0.5) is 0 Å². The van der Waals surface area contributed by atoms with Crippen molar-refractivity contribution in [2.75, 3.05) is 6.54 Å². The highest BCUT2D eigenvalue weighted by Crippen LogP contribution is 2.25. The predicted octanol–water partition coefficient (Wildman–Crippen LogP) is 3.51. The van der Waals surface area contributed by atoms with Crippen molar-refractivity contribution in [1.82, 2.24) is 0 Å². The molecule has 0 bridgehead atoms. The van der Waals surface area contributed by atoms with E-state index in [-0.39, 0.29) is 5.41 Å². The molecule has 16 heavy (non-hydrogen) atoms. The second kappa shape index (κ2) is 4.58. The van der Waals surface area contributed by atoms with Crippen LogP contribution in [0.3, 0.4) is 0 Å². The van der Waals surface area contributed by atoms with Gasteiger partial charge in [-0.1, -0.05) is 58.9 Å². The fourth-order valence-electron chi connectivity index (χ4n) is 1.80. The van der Waals surface area contributed by atoms with Crippen molar-refractivity contribution in [1.29, 1.82) is 0 Å². The molecule has 1 heteroatoms. The van der Waals surface area contributed by atoms with E-state index in [1.807, 2.05) is 0 Å². The molecule has 0 aliphatic heterocycles. The van der Waals surface area contributed by atoms with Gasteiger partial charge < -0.3 is 5.73 Å². The summed E-state index contributed by atoms with van der Waals surface area (Å²) < 4.78 is 0. The van der Waals surface area contributed by atoms with Crippen molar-refractivity contribution in [3.63, 3.8) is 0 Å². The van der Waals surface area contributed by atoms with E-state index >= 15 is 0 Å². The van der Waals surface area contributed by atoms with E-state index in [0.717, 1.165) is 6.42 Å². The molecule has 0 aliphatic carbocycles. The third-order valence-corrected chi connectivity index (χ3v) is 2.98. The molecule has 0 amide bonds. The third-order valence-electron chi connectivity index (χ3n) is 2.98. The summed E-state index contributed by atoms with van der Waals surface area (Å²) in [5, 5.41) is 0. The van der Waals surface area contributed by atoms with Gasteiger partial charge in [-0.2, -0.15) is 0 Å². The standard InChI is InChI=1S/C15H25N/c1-14(2,3)10-12-6-8-13(9-7-12)15(4,5)11-16/h6-9H,10-11,16H2,1-5H3. The van der Waals surface area contributed by atoms with Crippen molar-refractivity contribution in [3.05, 3.63) is 35.4 Å². The second-order valence-electron chi connectivity index (χ2n) is 6.52. The first-order valence-electron chi connectivity index (χ1n) is 6.04. The highest BCUT2D eigenvalue weighted by molar-refractivity contribution is 5.28. The topological polar surface area (TPSA) is 26.0 Å². The maximum absolute atomic E-state index is 5.78. The highest BCUT2D eigenvalue weighted by atomic mass is 14.6. The Labute approximate surface area is 100 Å². The van der Waals surface area contributed by atoms with Gasteiger partial charge in [-0.25, -0.2) is 0 Å². The summed E-state index contributed by atoms with van der Waals surface area (Å²) in [4.78, 5) is 0. The smallest absolute Gasteiger partial charge is 0.00190 e. The fourth-order valence-corrected chi connectivity index (χ4v) is 1.80. The second-order valence-corrected chi connectivity index (χ2v) is 6.52. The summed E-state index contributed by atoms with van der Waals surface area (Å²) in [6.45, 7) is 11.9. The zero-order valence-electron chi connectivity index (χ0n) is 11.3. The molecule has 0 aliphatic rings. The van der Waals surface area contributed by atoms with Crippen LogP contribution in [0.15, 0.2) is 24.3 Å². The molecule has 0 spiro atoms. The largest absolute Gasteiger partial charge is 0.330 e.